The van der Waals surface area contributed by atoms with Gasteiger partial charge in [0.15, 0.2) is 15.0 Å². The minimum Gasteiger partial charge on any atom is -0.497 e. The maximum absolute atomic E-state index is 13.2. The van der Waals surface area contributed by atoms with Gasteiger partial charge >= 0.3 is 0 Å². The van der Waals surface area contributed by atoms with Crippen LogP contribution in [0.2, 0.25) is 0 Å². The third kappa shape index (κ3) is 4.52. The number of amidine groups is 1. The molecule has 6 nitrogen and oxygen atoms in total. The van der Waals surface area contributed by atoms with E-state index in [-0.39, 0.29) is 34.5 Å². The number of fused-ring (bicyclic) bond motifs is 1. The minimum absolute atomic E-state index is 0.0594. The number of hydrogen-bond acceptors (Lipinski definition) is 5. The minimum atomic E-state index is -3.10. The molecule has 2 fully saturated rings. The zero-order chi connectivity index (χ0) is 21.3. The summed E-state index contributed by atoms with van der Waals surface area (Å²) in [6.45, 7) is 0.504. The van der Waals surface area contributed by atoms with E-state index >= 15 is 0 Å². The third-order valence-corrected chi connectivity index (χ3v) is 8.51. The van der Waals surface area contributed by atoms with Gasteiger partial charge in [0, 0.05) is 17.4 Å². The molecule has 0 aromatic heterocycles. The number of methoxy groups -OCH3 is 1. The Kier molecular flexibility index (Phi) is 5.84. The Morgan fingerprint density at radius 1 is 1.17 bits per heavy atom. The van der Waals surface area contributed by atoms with E-state index in [0.29, 0.717) is 29.4 Å². The number of ether oxygens (including phenoxy) is 1. The van der Waals surface area contributed by atoms with Gasteiger partial charge in [0.1, 0.15) is 11.6 Å². The molecule has 4 rings (SSSR count). The molecule has 0 saturated carbocycles. The molecule has 2 saturated heterocycles. The van der Waals surface area contributed by atoms with Crippen LogP contribution in [0.25, 0.3) is 0 Å². The van der Waals surface area contributed by atoms with Crippen LogP contribution >= 0.6 is 11.8 Å². The van der Waals surface area contributed by atoms with Crippen molar-refractivity contribution >= 4 is 32.7 Å². The van der Waals surface area contributed by atoms with Crippen molar-refractivity contribution in [3.05, 3.63) is 65.5 Å². The Morgan fingerprint density at radius 3 is 2.53 bits per heavy atom. The van der Waals surface area contributed by atoms with Crippen molar-refractivity contribution in [2.75, 3.05) is 25.2 Å². The molecule has 2 heterocycles. The van der Waals surface area contributed by atoms with Crippen LogP contribution in [0.1, 0.15) is 15.9 Å². The number of amides is 1. The number of thioether (sulfide) groups is 1. The highest BCUT2D eigenvalue weighted by molar-refractivity contribution is 8.15. The van der Waals surface area contributed by atoms with Gasteiger partial charge in [0.2, 0.25) is 0 Å². The van der Waals surface area contributed by atoms with Gasteiger partial charge in [-0.25, -0.2) is 12.8 Å². The van der Waals surface area contributed by atoms with Crippen molar-refractivity contribution in [1.82, 2.24) is 4.90 Å². The van der Waals surface area contributed by atoms with Crippen molar-refractivity contribution in [2.45, 2.75) is 17.7 Å². The number of halogens is 1. The molecule has 2 atom stereocenters. The second kappa shape index (κ2) is 8.39. The fourth-order valence-electron chi connectivity index (χ4n) is 3.68. The highest BCUT2D eigenvalue weighted by atomic mass is 32.2. The lowest BCUT2D eigenvalue weighted by Gasteiger charge is -2.24. The van der Waals surface area contributed by atoms with Crippen LogP contribution in [-0.2, 0) is 16.3 Å². The first-order valence-electron chi connectivity index (χ1n) is 9.50. The zero-order valence-electron chi connectivity index (χ0n) is 16.3. The summed E-state index contributed by atoms with van der Waals surface area (Å²) in [5.41, 5.74) is 1.37. The smallest absolute Gasteiger partial charge is 0.279 e. The molecule has 1 amide bonds. The summed E-state index contributed by atoms with van der Waals surface area (Å²) in [6, 6.07) is 12.7. The number of aliphatic imine (C=N–C) groups is 1. The third-order valence-electron chi connectivity index (χ3n) is 5.26. The Hall–Kier alpha value is -2.39. The normalized spacial score (nSPS) is 23.5. The monoisotopic (exact) mass is 448 g/mol. The van der Waals surface area contributed by atoms with Gasteiger partial charge in [-0.2, -0.15) is 4.99 Å². The number of benzene rings is 2. The predicted octanol–water partition coefficient (Wildman–Crippen LogP) is 2.79. The lowest BCUT2D eigenvalue weighted by molar-refractivity contribution is 0.100. The van der Waals surface area contributed by atoms with Crippen LogP contribution in [0.15, 0.2) is 53.5 Å². The molecule has 0 unspecified atom stereocenters. The van der Waals surface area contributed by atoms with E-state index < -0.39 is 9.84 Å². The fourth-order valence-corrected chi connectivity index (χ4v) is 7.66. The van der Waals surface area contributed by atoms with Crippen molar-refractivity contribution < 1.29 is 22.3 Å². The summed E-state index contributed by atoms with van der Waals surface area (Å²) in [6.07, 6.45) is 0.597. The summed E-state index contributed by atoms with van der Waals surface area (Å²) in [5, 5.41) is 0.411. The van der Waals surface area contributed by atoms with Gasteiger partial charge < -0.3 is 9.64 Å². The van der Waals surface area contributed by atoms with Crippen molar-refractivity contribution in [3.8, 4) is 5.75 Å². The number of rotatable bonds is 5. The highest BCUT2D eigenvalue weighted by Gasteiger charge is 2.48. The molecule has 0 N–H and O–H groups in total. The number of nitrogens with zero attached hydrogens (tertiary/aromatic N) is 2. The lowest BCUT2D eigenvalue weighted by atomic mass is 10.1. The Morgan fingerprint density at radius 2 is 1.87 bits per heavy atom. The average molecular weight is 449 g/mol. The van der Waals surface area contributed by atoms with Gasteiger partial charge in [0.25, 0.3) is 5.91 Å². The van der Waals surface area contributed by atoms with E-state index in [1.54, 1.807) is 43.5 Å². The molecule has 0 bridgehead atoms. The molecular formula is C21H21FN2O4S2. The second-order valence-corrected chi connectivity index (χ2v) is 10.7. The van der Waals surface area contributed by atoms with Gasteiger partial charge in [-0.1, -0.05) is 23.9 Å². The molecule has 2 aromatic carbocycles. The number of carbonyl (C=O) groups excluding carboxylic acids is 1. The van der Waals surface area contributed by atoms with E-state index in [4.69, 9.17) is 4.74 Å². The lowest BCUT2D eigenvalue weighted by Crippen LogP contribution is -2.39. The molecular weight excluding hydrogens is 427 g/mol. The van der Waals surface area contributed by atoms with E-state index in [9.17, 15) is 17.6 Å². The summed E-state index contributed by atoms with van der Waals surface area (Å²) in [5.74, 6) is 0.115. The molecule has 0 spiro atoms. The van der Waals surface area contributed by atoms with Crippen molar-refractivity contribution in [2.24, 2.45) is 4.99 Å². The van der Waals surface area contributed by atoms with Crippen molar-refractivity contribution in [3.63, 3.8) is 0 Å². The molecule has 0 radical (unpaired) electrons. The maximum Gasteiger partial charge on any atom is 0.279 e. The van der Waals surface area contributed by atoms with E-state index in [2.05, 4.69) is 4.99 Å². The number of hydrogen-bond donors (Lipinski definition) is 0. The van der Waals surface area contributed by atoms with Crippen LogP contribution in [0, 0.1) is 5.82 Å². The standard InChI is InChI=1S/C21H21FN2O4S2/c1-28-17-8-4-15(5-9-17)20(25)23-21-24(11-10-14-2-6-16(22)7-3-14)18-12-30(26,27)13-19(18)29-21/h2-9,18-19H,10-13H2,1H3/t18-,19-/m0/s1. The Labute approximate surface area is 179 Å². The SMILES string of the molecule is COc1ccc(C(=O)N=C2S[C@H]3CS(=O)(=O)C[C@@H]3N2CCc2ccc(F)cc2)cc1. The Balaban J connectivity index is 1.55. The second-order valence-electron chi connectivity index (χ2n) is 7.30. The summed E-state index contributed by atoms with van der Waals surface area (Å²) in [4.78, 5) is 18.9. The maximum atomic E-state index is 13.2. The van der Waals surface area contributed by atoms with Crippen LogP contribution in [0.3, 0.4) is 0 Å². The highest BCUT2D eigenvalue weighted by Crippen LogP contribution is 2.38. The first-order chi connectivity index (χ1) is 14.3. The van der Waals surface area contributed by atoms with Gasteiger partial charge in [-0.05, 0) is 48.4 Å². The predicted molar refractivity (Wildman–Crippen MR) is 115 cm³/mol. The summed E-state index contributed by atoms with van der Waals surface area (Å²) < 4.78 is 42.5. The molecule has 30 heavy (non-hydrogen) atoms. The number of sulfone groups is 1. The molecule has 2 aromatic rings. The molecule has 158 valence electrons. The largest absolute Gasteiger partial charge is 0.497 e. The first-order valence-corrected chi connectivity index (χ1v) is 12.2. The average Bonchev–Trinajstić information content (AvgIpc) is 3.18. The first kappa shape index (κ1) is 20.9. The molecule has 0 aliphatic carbocycles. The van der Waals surface area contributed by atoms with Crippen LogP contribution in [0.5, 0.6) is 5.75 Å². The molecule has 9 heteroatoms. The van der Waals surface area contributed by atoms with E-state index in [1.807, 2.05) is 4.90 Å². The van der Waals surface area contributed by atoms with Gasteiger partial charge in [0.05, 0.1) is 24.7 Å². The molecule has 2 aliphatic heterocycles. The van der Waals surface area contributed by atoms with E-state index in [1.165, 1.54) is 23.9 Å². The zero-order valence-corrected chi connectivity index (χ0v) is 18.0. The number of carbonyl (C=O) groups is 1. The van der Waals surface area contributed by atoms with Crippen LogP contribution in [0.4, 0.5) is 4.39 Å². The quantitative estimate of drug-likeness (QED) is 0.700. The van der Waals surface area contributed by atoms with E-state index in [0.717, 1.165) is 5.56 Å². The van der Waals surface area contributed by atoms with Gasteiger partial charge in [-0.15, -0.1) is 0 Å². The topological polar surface area (TPSA) is 76.0 Å². The van der Waals surface area contributed by atoms with Crippen LogP contribution in [-0.4, -0.2) is 60.8 Å². The van der Waals surface area contributed by atoms with Crippen LogP contribution < -0.4 is 4.74 Å². The van der Waals surface area contributed by atoms with Crippen molar-refractivity contribution in [1.29, 1.82) is 0 Å². The molecule has 2 aliphatic rings. The summed E-state index contributed by atoms with van der Waals surface area (Å²) in [7, 11) is -1.55. The van der Waals surface area contributed by atoms with Gasteiger partial charge in [-0.3, -0.25) is 4.79 Å². The fraction of sp³-hybridized carbons (Fsp3) is 0.333. The summed E-state index contributed by atoms with van der Waals surface area (Å²) >= 11 is 1.35. The Bertz CT molecular complexity index is 1070.